The third-order valence-corrected chi connectivity index (χ3v) is 2.78. The van der Waals surface area contributed by atoms with Gasteiger partial charge in [0.05, 0.1) is 24.9 Å². The van der Waals surface area contributed by atoms with Gasteiger partial charge in [-0.25, -0.2) is 0 Å². The van der Waals surface area contributed by atoms with Gasteiger partial charge in [0.2, 0.25) is 0 Å². The van der Waals surface area contributed by atoms with Crippen molar-refractivity contribution >= 4 is 0 Å². The minimum Gasteiger partial charge on any atom is -0.394 e. The van der Waals surface area contributed by atoms with Crippen molar-refractivity contribution in [2.45, 2.75) is 31.9 Å². The number of aliphatic hydroxyl groups excluding tert-OH is 1. The van der Waals surface area contributed by atoms with Crippen LogP contribution in [0.3, 0.4) is 0 Å². The summed E-state index contributed by atoms with van der Waals surface area (Å²) >= 11 is 0. The summed E-state index contributed by atoms with van der Waals surface area (Å²) in [6.07, 6.45) is 1.40. The second kappa shape index (κ2) is 3.73. The zero-order valence-corrected chi connectivity index (χ0v) is 8.21. The molecular weight excluding hydrogens is 154 g/mol. The highest BCUT2D eigenvalue weighted by molar-refractivity contribution is 5.03. The fourth-order valence-corrected chi connectivity index (χ4v) is 1.93. The van der Waals surface area contributed by atoms with Crippen LogP contribution in [0.1, 0.15) is 20.3 Å². The van der Waals surface area contributed by atoms with E-state index in [-0.39, 0.29) is 12.1 Å². The summed E-state index contributed by atoms with van der Waals surface area (Å²) in [5, 5.41) is 9.09. The zero-order chi connectivity index (χ0) is 9.19. The first kappa shape index (κ1) is 9.96. The molecule has 2 aliphatic heterocycles. The highest BCUT2D eigenvalue weighted by Crippen LogP contribution is 2.35. The van der Waals surface area contributed by atoms with Crippen molar-refractivity contribution in [2.75, 3.05) is 26.8 Å². The van der Waals surface area contributed by atoms with E-state index >= 15 is 0 Å². The molecule has 0 amide bonds. The number of likely N-dealkylation sites (tertiary alicyclic amines) is 1. The van der Waals surface area contributed by atoms with E-state index in [1.807, 2.05) is 13.8 Å². The minimum absolute atomic E-state index is 0.0231. The average molecular weight is 173 g/mol. The summed E-state index contributed by atoms with van der Waals surface area (Å²) < 4.78 is 5.41. The molecule has 0 aromatic carbocycles. The number of likely N-dealkylation sites (N-methyl/N-ethyl adjacent to an activating group) is 1. The van der Waals surface area contributed by atoms with E-state index in [0.717, 1.165) is 13.0 Å². The summed E-state index contributed by atoms with van der Waals surface area (Å²) in [4.78, 5) is 2.21. The lowest BCUT2D eigenvalue weighted by Gasteiger charge is -2.33. The van der Waals surface area contributed by atoms with Crippen LogP contribution in [-0.2, 0) is 4.74 Å². The minimum atomic E-state index is -0.0231. The second-order valence-electron chi connectivity index (χ2n) is 3.40. The Morgan fingerprint density at radius 1 is 1.58 bits per heavy atom. The van der Waals surface area contributed by atoms with Crippen molar-refractivity contribution in [2.24, 2.45) is 0 Å². The molecule has 1 N–H and O–H groups in total. The molecule has 2 unspecified atom stereocenters. The van der Waals surface area contributed by atoms with Gasteiger partial charge in [-0.2, -0.15) is 0 Å². The molecule has 2 bridgehead atoms. The van der Waals surface area contributed by atoms with Gasteiger partial charge in [0.15, 0.2) is 0 Å². The number of fused-ring (bicyclic) bond motifs is 2. The predicted molar refractivity (Wildman–Crippen MR) is 48.2 cm³/mol. The van der Waals surface area contributed by atoms with Crippen LogP contribution in [0.25, 0.3) is 0 Å². The molecule has 2 saturated heterocycles. The number of aliphatic hydroxyl groups is 1. The molecule has 0 spiro atoms. The fourth-order valence-electron chi connectivity index (χ4n) is 1.93. The first-order valence-corrected chi connectivity index (χ1v) is 4.70. The van der Waals surface area contributed by atoms with Gasteiger partial charge in [-0.1, -0.05) is 13.8 Å². The van der Waals surface area contributed by atoms with E-state index in [2.05, 4.69) is 11.9 Å². The SMILES string of the molecule is CC.CN1CC2CC1(CO)CO2. The molecule has 2 heterocycles. The van der Waals surface area contributed by atoms with Crippen molar-refractivity contribution in [3.05, 3.63) is 0 Å². The number of hydrogen-bond acceptors (Lipinski definition) is 3. The Balaban J connectivity index is 0.000000336. The van der Waals surface area contributed by atoms with Crippen molar-refractivity contribution in [1.82, 2.24) is 4.90 Å². The molecule has 0 radical (unpaired) electrons. The summed E-state index contributed by atoms with van der Waals surface area (Å²) in [5.74, 6) is 0. The molecule has 0 aromatic heterocycles. The molecule has 2 aliphatic rings. The van der Waals surface area contributed by atoms with Crippen LogP contribution in [0.4, 0.5) is 0 Å². The highest BCUT2D eigenvalue weighted by atomic mass is 16.5. The van der Waals surface area contributed by atoms with Crippen LogP contribution >= 0.6 is 0 Å². The largest absolute Gasteiger partial charge is 0.394 e. The molecule has 12 heavy (non-hydrogen) atoms. The van der Waals surface area contributed by atoms with Crippen LogP contribution in [0.5, 0.6) is 0 Å². The van der Waals surface area contributed by atoms with E-state index in [4.69, 9.17) is 9.84 Å². The second-order valence-corrected chi connectivity index (χ2v) is 3.40. The molecule has 0 aliphatic carbocycles. The first-order valence-electron chi connectivity index (χ1n) is 4.70. The maximum Gasteiger partial charge on any atom is 0.0722 e. The fraction of sp³-hybridized carbons (Fsp3) is 1.00. The summed E-state index contributed by atoms with van der Waals surface area (Å²) in [6.45, 7) is 5.94. The normalized spacial score (nSPS) is 39.5. The Labute approximate surface area is 74.3 Å². The number of morpholine rings is 1. The Bertz CT molecular complexity index is 151. The summed E-state index contributed by atoms with van der Waals surface area (Å²) in [6, 6.07) is 0. The van der Waals surface area contributed by atoms with Crippen molar-refractivity contribution in [3.8, 4) is 0 Å². The molecule has 2 atom stereocenters. The van der Waals surface area contributed by atoms with E-state index in [1.54, 1.807) is 0 Å². The molecule has 2 rings (SSSR count). The van der Waals surface area contributed by atoms with Gasteiger partial charge in [0.1, 0.15) is 0 Å². The molecule has 3 heteroatoms. The van der Waals surface area contributed by atoms with Gasteiger partial charge in [-0.05, 0) is 13.5 Å². The highest BCUT2D eigenvalue weighted by Gasteiger charge is 2.49. The van der Waals surface area contributed by atoms with E-state index in [0.29, 0.717) is 12.7 Å². The summed E-state index contributed by atoms with van der Waals surface area (Å²) in [7, 11) is 2.05. The van der Waals surface area contributed by atoms with Crippen molar-refractivity contribution in [3.63, 3.8) is 0 Å². The quantitative estimate of drug-likeness (QED) is 0.626. The van der Waals surface area contributed by atoms with E-state index in [1.165, 1.54) is 0 Å². The lowest BCUT2D eigenvalue weighted by Crippen LogP contribution is -2.48. The Morgan fingerprint density at radius 2 is 2.25 bits per heavy atom. The molecule has 72 valence electrons. The topological polar surface area (TPSA) is 32.7 Å². The van der Waals surface area contributed by atoms with Gasteiger partial charge in [-0.3, -0.25) is 4.90 Å². The third-order valence-electron chi connectivity index (χ3n) is 2.78. The number of rotatable bonds is 1. The summed E-state index contributed by atoms with van der Waals surface area (Å²) in [5.41, 5.74) is -0.0231. The average Bonchev–Trinajstić information content (AvgIpc) is 2.65. The maximum absolute atomic E-state index is 9.09. The molecule has 2 fully saturated rings. The Hall–Kier alpha value is -0.120. The first-order chi connectivity index (χ1) is 5.77. The van der Waals surface area contributed by atoms with Crippen LogP contribution in [0.15, 0.2) is 0 Å². The van der Waals surface area contributed by atoms with Gasteiger partial charge in [0.25, 0.3) is 0 Å². The number of hydrogen-bond donors (Lipinski definition) is 1. The standard InChI is InChI=1S/C7H13NO2.C2H6/c1-8-3-6-2-7(8,4-9)5-10-6;1-2/h6,9H,2-5H2,1H3;1-2H3. The van der Waals surface area contributed by atoms with Gasteiger partial charge in [-0.15, -0.1) is 0 Å². The predicted octanol–water partition coefficient (Wildman–Crippen LogP) is 0.478. The molecule has 0 aromatic rings. The van der Waals surface area contributed by atoms with Crippen molar-refractivity contribution in [1.29, 1.82) is 0 Å². The third kappa shape index (κ3) is 1.37. The lowest BCUT2D eigenvalue weighted by atomic mass is 10.0. The van der Waals surface area contributed by atoms with Crippen molar-refractivity contribution < 1.29 is 9.84 Å². The van der Waals surface area contributed by atoms with Crippen LogP contribution < -0.4 is 0 Å². The molecule has 0 saturated carbocycles. The smallest absolute Gasteiger partial charge is 0.0722 e. The van der Waals surface area contributed by atoms with E-state index < -0.39 is 0 Å². The van der Waals surface area contributed by atoms with Crippen LogP contribution in [0, 0.1) is 0 Å². The van der Waals surface area contributed by atoms with Crippen LogP contribution in [-0.4, -0.2) is 48.5 Å². The maximum atomic E-state index is 9.09. The van der Waals surface area contributed by atoms with E-state index in [9.17, 15) is 0 Å². The number of ether oxygens (including phenoxy) is 1. The number of nitrogens with zero attached hydrogens (tertiary/aromatic N) is 1. The zero-order valence-electron chi connectivity index (χ0n) is 8.21. The molecular formula is C9H19NO2. The van der Waals surface area contributed by atoms with Gasteiger partial charge < -0.3 is 9.84 Å². The Morgan fingerprint density at radius 3 is 2.50 bits per heavy atom. The monoisotopic (exact) mass is 173 g/mol. The van der Waals surface area contributed by atoms with Gasteiger partial charge in [0, 0.05) is 6.54 Å². The van der Waals surface area contributed by atoms with Gasteiger partial charge >= 0.3 is 0 Å². The molecule has 3 nitrogen and oxygen atoms in total. The van der Waals surface area contributed by atoms with Crippen LogP contribution in [0.2, 0.25) is 0 Å². The lowest BCUT2D eigenvalue weighted by molar-refractivity contribution is -0.0183. The Kier molecular flexibility index (Phi) is 3.09.